The molecular formula is C14H16O3. The Balaban J connectivity index is 2.30. The fourth-order valence-corrected chi connectivity index (χ4v) is 2.33. The second kappa shape index (κ2) is 5.13. The minimum atomic E-state index is -0.288. The average molecular weight is 232 g/mol. The summed E-state index contributed by atoms with van der Waals surface area (Å²) in [6, 6.07) is 5.50. The maximum atomic E-state index is 11.6. The van der Waals surface area contributed by atoms with Crippen LogP contribution in [0.15, 0.2) is 18.2 Å². The highest BCUT2D eigenvalue weighted by molar-refractivity contribution is 5.90. The van der Waals surface area contributed by atoms with Gasteiger partial charge >= 0.3 is 5.97 Å². The molecule has 0 heterocycles. The molecule has 3 nitrogen and oxygen atoms in total. The Labute approximate surface area is 101 Å². The van der Waals surface area contributed by atoms with Crippen LogP contribution < -0.4 is 0 Å². The van der Waals surface area contributed by atoms with Crippen LogP contribution in [-0.2, 0) is 16.0 Å². The Morgan fingerprint density at radius 3 is 3.06 bits per heavy atom. The molecule has 0 N–H and O–H groups in total. The van der Waals surface area contributed by atoms with Crippen molar-refractivity contribution in [3.05, 3.63) is 34.9 Å². The minimum absolute atomic E-state index is 0.00463. The molecule has 0 fully saturated rings. The summed E-state index contributed by atoms with van der Waals surface area (Å²) in [5.41, 5.74) is 2.76. The molecular weight excluding hydrogens is 216 g/mol. The van der Waals surface area contributed by atoms with Crippen molar-refractivity contribution in [2.45, 2.75) is 32.1 Å². The maximum absolute atomic E-state index is 11.6. The standard InChI is InChI=1S/C14H16O3/c1-2-17-14(16)11-6-7-13-10(8-11)4-3-5-12(13)9-15/h6-9,12H,2-5H2,1H3. The van der Waals surface area contributed by atoms with Crippen molar-refractivity contribution in [3.63, 3.8) is 0 Å². The molecule has 2 rings (SSSR count). The molecule has 1 aromatic rings. The normalized spacial score (nSPS) is 18.3. The third-order valence-corrected chi connectivity index (χ3v) is 3.18. The van der Waals surface area contributed by atoms with Gasteiger partial charge in [-0.2, -0.15) is 0 Å². The first-order valence-electron chi connectivity index (χ1n) is 6.01. The van der Waals surface area contributed by atoms with E-state index >= 15 is 0 Å². The summed E-state index contributed by atoms with van der Waals surface area (Å²) in [6.45, 7) is 2.17. The third kappa shape index (κ3) is 2.38. The summed E-state index contributed by atoms with van der Waals surface area (Å²) in [5, 5.41) is 0. The minimum Gasteiger partial charge on any atom is -0.462 e. The molecule has 3 heteroatoms. The summed E-state index contributed by atoms with van der Waals surface area (Å²) in [5.74, 6) is -0.293. The van der Waals surface area contributed by atoms with Gasteiger partial charge in [-0.05, 0) is 49.4 Å². The predicted molar refractivity (Wildman–Crippen MR) is 64.1 cm³/mol. The number of esters is 1. The predicted octanol–water partition coefficient (Wildman–Crippen LogP) is 2.48. The zero-order valence-electron chi connectivity index (χ0n) is 9.94. The molecule has 0 bridgehead atoms. The molecule has 0 aliphatic heterocycles. The lowest BCUT2D eigenvalue weighted by molar-refractivity contribution is -0.109. The van der Waals surface area contributed by atoms with Gasteiger partial charge in [0, 0.05) is 5.92 Å². The van der Waals surface area contributed by atoms with Crippen molar-refractivity contribution in [3.8, 4) is 0 Å². The molecule has 1 aliphatic carbocycles. The van der Waals surface area contributed by atoms with Gasteiger partial charge in [-0.25, -0.2) is 4.79 Å². The van der Waals surface area contributed by atoms with Gasteiger partial charge in [0.15, 0.2) is 0 Å². The van der Waals surface area contributed by atoms with Crippen molar-refractivity contribution in [1.82, 2.24) is 0 Å². The highest BCUT2D eigenvalue weighted by Gasteiger charge is 2.20. The van der Waals surface area contributed by atoms with Crippen molar-refractivity contribution in [2.24, 2.45) is 0 Å². The Hall–Kier alpha value is -1.64. The van der Waals surface area contributed by atoms with Crippen LogP contribution in [0.5, 0.6) is 0 Å². The van der Waals surface area contributed by atoms with E-state index in [1.807, 2.05) is 12.1 Å². The van der Waals surface area contributed by atoms with E-state index in [9.17, 15) is 9.59 Å². The van der Waals surface area contributed by atoms with E-state index in [1.54, 1.807) is 13.0 Å². The van der Waals surface area contributed by atoms with Crippen molar-refractivity contribution in [2.75, 3.05) is 6.61 Å². The van der Waals surface area contributed by atoms with E-state index < -0.39 is 0 Å². The molecule has 1 aliphatic rings. The van der Waals surface area contributed by atoms with Gasteiger partial charge in [0.2, 0.25) is 0 Å². The first-order valence-corrected chi connectivity index (χ1v) is 6.01. The summed E-state index contributed by atoms with van der Waals surface area (Å²) in [7, 11) is 0. The molecule has 1 atom stereocenters. The van der Waals surface area contributed by atoms with Crippen LogP contribution in [0, 0.1) is 0 Å². The van der Waals surface area contributed by atoms with Gasteiger partial charge < -0.3 is 9.53 Å². The van der Waals surface area contributed by atoms with E-state index in [0.717, 1.165) is 36.7 Å². The van der Waals surface area contributed by atoms with Gasteiger partial charge in [-0.3, -0.25) is 0 Å². The molecule has 0 amide bonds. The number of rotatable bonds is 3. The van der Waals surface area contributed by atoms with Crippen LogP contribution >= 0.6 is 0 Å². The largest absolute Gasteiger partial charge is 0.462 e. The SMILES string of the molecule is CCOC(=O)c1ccc2c(c1)CCCC2C=O. The van der Waals surface area contributed by atoms with Crippen LogP contribution in [0.25, 0.3) is 0 Å². The second-order valence-corrected chi connectivity index (χ2v) is 4.27. The molecule has 0 aromatic heterocycles. The first kappa shape index (κ1) is 11.8. The number of hydrogen-bond acceptors (Lipinski definition) is 3. The summed E-state index contributed by atoms with van der Waals surface area (Å²) < 4.78 is 4.96. The fourth-order valence-electron chi connectivity index (χ4n) is 2.33. The zero-order valence-corrected chi connectivity index (χ0v) is 9.94. The average Bonchev–Trinajstić information content (AvgIpc) is 2.37. The Morgan fingerprint density at radius 1 is 1.53 bits per heavy atom. The van der Waals surface area contributed by atoms with Crippen molar-refractivity contribution >= 4 is 12.3 Å². The first-order chi connectivity index (χ1) is 8.26. The van der Waals surface area contributed by atoms with Crippen LogP contribution in [0.4, 0.5) is 0 Å². The lowest BCUT2D eigenvalue weighted by atomic mass is 9.83. The molecule has 90 valence electrons. The number of carbonyl (C=O) groups is 2. The molecule has 0 saturated heterocycles. The van der Waals surface area contributed by atoms with Crippen LogP contribution in [0.2, 0.25) is 0 Å². The van der Waals surface area contributed by atoms with Crippen molar-refractivity contribution in [1.29, 1.82) is 0 Å². The van der Waals surface area contributed by atoms with Crippen LogP contribution in [0.3, 0.4) is 0 Å². The molecule has 0 spiro atoms. The van der Waals surface area contributed by atoms with Crippen molar-refractivity contribution < 1.29 is 14.3 Å². The van der Waals surface area contributed by atoms with E-state index in [0.29, 0.717) is 12.2 Å². The molecule has 1 aromatic carbocycles. The number of aldehydes is 1. The summed E-state index contributed by atoms with van der Waals surface area (Å²) >= 11 is 0. The van der Waals surface area contributed by atoms with Gasteiger partial charge in [-0.1, -0.05) is 6.07 Å². The van der Waals surface area contributed by atoms with Gasteiger partial charge in [0.25, 0.3) is 0 Å². The van der Waals surface area contributed by atoms with Crippen LogP contribution in [-0.4, -0.2) is 18.9 Å². The summed E-state index contributed by atoms with van der Waals surface area (Å²) in [4.78, 5) is 22.5. The lowest BCUT2D eigenvalue weighted by Gasteiger charge is -2.21. The monoisotopic (exact) mass is 232 g/mol. The zero-order chi connectivity index (χ0) is 12.3. The van der Waals surface area contributed by atoms with Gasteiger partial charge in [-0.15, -0.1) is 0 Å². The molecule has 0 saturated carbocycles. The Kier molecular flexibility index (Phi) is 3.57. The second-order valence-electron chi connectivity index (χ2n) is 4.27. The Bertz CT molecular complexity index is 437. The van der Waals surface area contributed by atoms with Crippen LogP contribution in [0.1, 0.15) is 47.2 Å². The lowest BCUT2D eigenvalue weighted by Crippen LogP contribution is -2.13. The topological polar surface area (TPSA) is 43.4 Å². The quantitative estimate of drug-likeness (QED) is 0.594. The number of ether oxygens (including phenoxy) is 1. The fraction of sp³-hybridized carbons (Fsp3) is 0.429. The maximum Gasteiger partial charge on any atom is 0.338 e. The highest BCUT2D eigenvalue weighted by Crippen LogP contribution is 2.30. The molecule has 1 unspecified atom stereocenters. The van der Waals surface area contributed by atoms with E-state index in [-0.39, 0.29) is 11.9 Å². The highest BCUT2D eigenvalue weighted by atomic mass is 16.5. The number of aryl methyl sites for hydroxylation is 1. The number of carbonyl (C=O) groups excluding carboxylic acids is 2. The van der Waals surface area contributed by atoms with E-state index in [4.69, 9.17) is 4.74 Å². The third-order valence-electron chi connectivity index (χ3n) is 3.18. The Morgan fingerprint density at radius 2 is 2.35 bits per heavy atom. The molecule has 0 radical (unpaired) electrons. The van der Waals surface area contributed by atoms with Gasteiger partial charge in [0.05, 0.1) is 12.2 Å². The number of fused-ring (bicyclic) bond motifs is 1. The summed E-state index contributed by atoms with van der Waals surface area (Å²) in [6.07, 6.45) is 3.85. The number of benzene rings is 1. The number of hydrogen-bond donors (Lipinski definition) is 0. The smallest absolute Gasteiger partial charge is 0.338 e. The van der Waals surface area contributed by atoms with Gasteiger partial charge in [0.1, 0.15) is 6.29 Å². The van der Waals surface area contributed by atoms with E-state index in [1.165, 1.54) is 0 Å². The van der Waals surface area contributed by atoms with E-state index in [2.05, 4.69) is 0 Å². The molecule has 17 heavy (non-hydrogen) atoms.